The molecule has 0 saturated carbocycles. The summed E-state index contributed by atoms with van der Waals surface area (Å²) >= 11 is 0. The SMILES string of the molecule is Cc1cc(CN2C[C@@H](F)C[C@H]2CN(C)CC(=O)N2CCCC2)on1. The largest absolute Gasteiger partial charge is 0.360 e. The maximum absolute atomic E-state index is 13.9. The van der Waals surface area contributed by atoms with E-state index in [1.54, 1.807) is 0 Å². The minimum Gasteiger partial charge on any atom is -0.360 e. The zero-order valence-corrected chi connectivity index (χ0v) is 14.6. The van der Waals surface area contributed by atoms with E-state index in [0.29, 0.717) is 32.6 Å². The molecule has 0 spiro atoms. The molecule has 2 atom stereocenters. The van der Waals surface area contributed by atoms with Crippen LogP contribution in [0.1, 0.15) is 30.7 Å². The van der Waals surface area contributed by atoms with Crippen molar-refractivity contribution < 1.29 is 13.7 Å². The van der Waals surface area contributed by atoms with Crippen molar-refractivity contribution in [1.29, 1.82) is 0 Å². The van der Waals surface area contributed by atoms with Crippen molar-refractivity contribution in [1.82, 2.24) is 19.9 Å². The molecule has 3 rings (SSSR count). The highest BCUT2D eigenvalue weighted by atomic mass is 19.1. The summed E-state index contributed by atoms with van der Waals surface area (Å²) in [6.45, 7) is 5.71. The average molecular weight is 338 g/mol. The number of hydrogen-bond donors (Lipinski definition) is 0. The zero-order chi connectivity index (χ0) is 17.1. The van der Waals surface area contributed by atoms with E-state index in [0.717, 1.165) is 37.4 Å². The summed E-state index contributed by atoms with van der Waals surface area (Å²) in [6.07, 6.45) is 1.90. The van der Waals surface area contributed by atoms with Crippen molar-refractivity contribution in [2.75, 3.05) is 39.8 Å². The lowest BCUT2D eigenvalue weighted by Gasteiger charge is -2.28. The molecular formula is C17H27FN4O2. The highest BCUT2D eigenvalue weighted by molar-refractivity contribution is 5.78. The Morgan fingerprint density at radius 3 is 2.88 bits per heavy atom. The molecule has 0 aromatic carbocycles. The Hall–Kier alpha value is -1.47. The summed E-state index contributed by atoms with van der Waals surface area (Å²) in [4.78, 5) is 18.3. The summed E-state index contributed by atoms with van der Waals surface area (Å²) in [5.74, 6) is 0.949. The van der Waals surface area contributed by atoms with Crippen LogP contribution >= 0.6 is 0 Å². The van der Waals surface area contributed by atoms with Gasteiger partial charge in [-0.1, -0.05) is 5.16 Å². The van der Waals surface area contributed by atoms with Gasteiger partial charge >= 0.3 is 0 Å². The molecule has 3 heterocycles. The lowest BCUT2D eigenvalue weighted by atomic mass is 10.2. The molecule has 2 aliphatic rings. The van der Waals surface area contributed by atoms with Crippen LogP contribution in [-0.2, 0) is 11.3 Å². The standard InChI is InChI=1S/C17H27FN4O2/c1-13-7-16(24-19-13)11-22-9-14(18)8-15(22)10-20(2)12-17(23)21-5-3-4-6-21/h7,14-15H,3-6,8-12H2,1-2H3/t14-,15-/m0/s1. The van der Waals surface area contributed by atoms with Crippen molar-refractivity contribution in [2.45, 2.75) is 44.9 Å². The third-order valence-electron chi connectivity index (χ3n) is 4.90. The molecule has 134 valence electrons. The van der Waals surface area contributed by atoms with Gasteiger partial charge in [0.25, 0.3) is 0 Å². The van der Waals surface area contributed by atoms with Crippen LogP contribution in [0.15, 0.2) is 10.6 Å². The summed E-state index contributed by atoms with van der Waals surface area (Å²) in [6, 6.07) is 1.99. The molecule has 2 saturated heterocycles. The summed E-state index contributed by atoms with van der Waals surface area (Å²) in [7, 11) is 1.94. The topological polar surface area (TPSA) is 52.8 Å². The Bertz CT molecular complexity index is 559. The average Bonchev–Trinajstić information content (AvgIpc) is 3.22. The lowest BCUT2D eigenvalue weighted by molar-refractivity contribution is -0.131. The van der Waals surface area contributed by atoms with Crippen LogP contribution < -0.4 is 0 Å². The van der Waals surface area contributed by atoms with Crippen LogP contribution in [-0.4, -0.2) is 77.7 Å². The first-order valence-electron chi connectivity index (χ1n) is 8.78. The smallest absolute Gasteiger partial charge is 0.236 e. The second-order valence-corrected chi connectivity index (χ2v) is 7.14. The molecule has 0 N–H and O–H groups in total. The van der Waals surface area contributed by atoms with Gasteiger partial charge in [0.05, 0.1) is 18.8 Å². The first-order valence-corrected chi connectivity index (χ1v) is 8.78. The Labute approximate surface area is 142 Å². The molecule has 2 aliphatic heterocycles. The molecule has 0 bridgehead atoms. The van der Waals surface area contributed by atoms with E-state index in [2.05, 4.69) is 10.1 Å². The number of aryl methyl sites for hydroxylation is 1. The van der Waals surface area contributed by atoms with Crippen LogP contribution in [0.2, 0.25) is 0 Å². The molecule has 6 nitrogen and oxygen atoms in total. The Morgan fingerprint density at radius 1 is 1.46 bits per heavy atom. The van der Waals surface area contributed by atoms with E-state index >= 15 is 0 Å². The van der Waals surface area contributed by atoms with Gasteiger partial charge in [0.2, 0.25) is 5.91 Å². The quantitative estimate of drug-likeness (QED) is 0.786. The van der Waals surface area contributed by atoms with Gasteiger partial charge in [-0.2, -0.15) is 0 Å². The molecular weight excluding hydrogens is 311 g/mol. The number of aromatic nitrogens is 1. The van der Waals surface area contributed by atoms with Crippen LogP contribution in [0.5, 0.6) is 0 Å². The van der Waals surface area contributed by atoms with Gasteiger partial charge in [0.15, 0.2) is 5.76 Å². The molecule has 1 amide bonds. The molecule has 0 radical (unpaired) electrons. The molecule has 1 aromatic heterocycles. The number of carbonyl (C=O) groups excluding carboxylic acids is 1. The number of nitrogens with zero attached hydrogens (tertiary/aromatic N) is 4. The fraction of sp³-hybridized carbons (Fsp3) is 0.765. The van der Waals surface area contributed by atoms with E-state index in [-0.39, 0.29) is 11.9 Å². The van der Waals surface area contributed by atoms with Gasteiger partial charge in [-0.05, 0) is 33.2 Å². The second kappa shape index (κ2) is 7.61. The van der Waals surface area contributed by atoms with Crippen molar-refractivity contribution in [3.05, 3.63) is 17.5 Å². The Balaban J connectivity index is 1.52. The zero-order valence-electron chi connectivity index (χ0n) is 14.6. The van der Waals surface area contributed by atoms with Gasteiger partial charge in [-0.25, -0.2) is 4.39 Å². The van der Waals surface area contributed by atoms with Gasteiger partial charge in [0, 0.05) is 38.3 Å². The van der Waals surface area contributed by atoms with Crippen LogP contribution in [0.4, 0.5) is 4.39 Å². The highest BCUT2D eigenvalue weighted by Gasteiger charge is 2.33. The van der Waals surface area contributed by atoms with Crippen molar-refractivity contribution in [2.24, 2.45) is 0 Å². The van der Waals surface area contributed by atoms with E-state index in [1.807, 2.05) is 29.8 Å². The van der Waals surface area contributed by atoms with Gasteiger partial charge in [0.1, 0.15) is 6.17 Å². The van der Waals surface area contributed by atoms with Gasteiger partial charge < -0.3 is 9.42 Å². The number of alkyl halides is 1. The number of halogens is 1. The number of carbonyl (C=O) groups is 1. The van der Waals surface area contributed by atoms with Crippen molar-refractivity contribution in [3.8, 4) is 0 Å². The van der Waals surface area contributed by atoms with Crippen LogP contribution in [0.25, 0.3) is 0 Å². The lowest BCUT2D eigenvalue weighted by Crippen LogP contribution is -2.43. The highest BCUT2D eigenvalue weighted by Crippen LogP contribution is 2.23. The van der Waals surface area contributed by atoms with E-state index in [4.69, 9.17) is 4.52 Å². The fourth-order valence-electron chi connectivity index (χ4n) is 3.72. The number of likely N-dealkylation sites (N-methyl/N-ethyl adjacent to an activating group) is 1. The minimum atomic E-state index is -0.818. The number of likely N-dealkylation sites (tertiary alicyclic amines) is 2. The minimum absolute atomic E-state index is 0.0989. The van der Waals surface area contributed by atoms with Gasteiger partial charge in [-0.15, -0.1) is 0 Å². The van der Waals surface area contributed by atoms with E-state index in [1.165, 1.54) is 0 Å². The summed E-state index contributed by atoms with van der Waals surface area (Å²) < 4.78 is 19.2. The first-order chi connectivity index (χ1) is 11.5. The third-order valence-corrected chi connectivity index (χ3v) is 4.90. The number of amides is 1. The normalized spacial score (nSPS) is 25.1. The third kappa shape index (κ3) is 4.33. The van der Waals surface area contributed by atoms with Gasteiger partial charge in [-0.3, -0.25) is 14.6 Å². The maximum Gasteiger partial charge on any atom is 0.236 e. The summed E-state index contributed by atoms with van der Waals surface area (Å²) in [5.41, 5.74) is 0.839. The predicted octanol–water partition coefficient (Wildman–Crippen LogP) is 1.45. The molecule has 0 aliphatic carbocycles. The van der Waals surface area contributed by atoms with E-state index in [9.17, 15) is 9.18 Å². The summed E-state index contributed by atoms with van der Waals surface area (Å²) in [5, 5.41) is 3.89. The number of rotatable bonds is 6. The molecule has 2 fully saturated rings. The first kappa shape index (κ1) is 17.4. The fourth-order valence-corrected chi connectivity index (χ4v) is 3.72. The van der Waals surface area contributed by atoms with Crippen LogP contribution in [0, 0.1) is 6.92 Å². The monoisotopic (exact) mass is 338 g/mol. The Kier molecular flexibility index (Phi) is 5.50. The van der Waals surface area contributed by atoms with Crippen molar-refractivity contribution in [3.63, 3.8) is 0 Å². The number of hydrogen-bond acceptors (Lipinski definition) is 5. The molecule has 1 aromatic rings. The molecule has 0 unspecified atom stereocenters. The second-order valence-electron chi connectivity index (χ2n) is 7.14. The van der Waals surface area contributed by atoms with Crippen molar-refractivity contribution >= 4 is 5.91 Å². The molecule has 7 heteroatoms. The molecule has 24 heavy (non-hydrogen) atoms. The maximum atomic E-state index is 13.9. The van der Waals surface area contributed by atoms with Crippen LogP contribution in [0.3, 0.4) is 0 Å². The van der Waals surface area contributed by atoms with E-state index < -0.39 is 6.17 Å². The Morgan fingerprint density at radius 2 is 2.21 bits per heavy atom. The predicted molar refractivity (Wildman–Crippen MR) is 88.3 cm³/mol.